The molecule has 0 atom stereocenters. The molecule has 0 saturated heterocycles. The van der Waals surface area contributed by atoms with Crippen LogP contribution in [0.25, 0.3) is 11.0 Å². The van der Waals surface area contributed by atoms with Crippen LogP contribution in [0.15, 0.2) is 34.7 Å². The summed E-state index contributed by atoms with van der Waals surface area (Å²) < 4.78 is 5.47. The van der Waals surface area contributed by atoms with Gasteiger partial charge in [0.05, 0.1) is 5.54 Å². The lowest BCUT2D eigenvalue weighted by Crippen LogP contribution is -2.32. The zero-order chi connectivity index (χ0) is 10.5. The predicted octanol–water partition coefficient (Wildman–Crippen LogP) is 2.11. The Morgan fingerprint density at radius 2 is 2.07 bits per heavy atom. The average molecular weight is 201 g/mol. The number of hydrogen-bond acceptors (Lipinski definition) is 3. The summed E-state index contributed by atoms with van der Waals surface area (Å²) in [6.07, 6.45) is 1.53. The first-order valence-corrected chi connectivity index (χ1v) is 5.01. The summed E-state index contributed by atoms with van der Waals surface area (Å²) in [6.45, 7) is 0. The van der Waals surface area contributed by atoms with Crippen molar-refractivity contribution in [2.24, 2.45) is 5.73 Å². The molecular weight excluding hydrogens is 190 g/mol. The molecule has 0 unspecified atom stereocenters. The Balaban J connectivity index is 2.08. The Kier molecular flexibility index (Phi) is 1.56. The van der Waals surface area contributed by atoms with E-state index in [0.29, 0.717) is 5.76 Å². The second kappa shape index (κ2) is 2.70. The van der Waals surface area contributed by atoms with Crippen molar-refractivity contribution in [3.63, 3.8) is 0 Å². The fraction of sp³-hybridized carbons (Fsp3) is 0.250. The van der Waals surface area contributed by atoms with Gasteiger partial charge in [-0.2, -0.15) is 0 Å². The average Bonchev–Trinajstić information content (AvgIpc) is 2.85. The highest BCUT2D eigenvalue weighted by Gasteiger charge is 2.47. The third-order valence-corrected chi connectivity index (χ3v) is 2.89. The maximum atomic E-state index is 11.9. The van der Waals surface area contributed by atoms with Crippen molar-refractivity contribution < 1.29 is 9.21 Å². The lowest BCUT2D eigenvalue weighted by molar-refractivity contribution is 0.0924. The molecule has 3 rings (SSSR count). The summed E-state index contributed by atoms with van der Waals surface area (Å²) in [5, 5.41) is 0.949. The molecule has 0 radical (unpaired) electrons. The summed E-state index contributed by atoms with van der Waals surface area (Å²) in [6, 6.07) is 9.34. The van der Waals surface area contributed by atoms with Crippen LogP contribution in [0.1, 0.15) is 23.4 Å². The van der Waals surface area contributed by atoms with Crippen molar-refractivity contribution in [2.75, 3.05) is 0 Å². The minimum Gasteiger partial charge on any atom is -0.453 e. The van der Waals surface area contributed by atoms with Crippen molar-refractivity contribution in [1.82, 2.24) is 0 Å². The van der Waals surface area contributed by atoms with E-state index in [4.69, 9.17) is 10.2 Å². The lowest BCUT2D eigenvalue weighted by Gasteiger charge is -2.02. The maximum Gasteiger partial charge on any atom is 0.217 e. The monoisotopic (exact) mass is 201 g/mol. The van der Waals surface area contributed by atoms with Gasteiger partial charge in [-0.25, -0.2) is 0 Å². The van der Waals surface area contributed by atoms with Crippen molar-refractivity contribution >= 4 is 16.8 Å². The van der Waals surface area contributed by atoms with E-state index in [0.717, 1.165) is 23.8 Å². The summed E-state index contributed by atoms with van der Waals surface area (Å²) in [7, 11) is 0. The van der Waals surface area contributed by atoms with E-state index in [1.54, 1.807) is 6.07 Å². The number of carbonyl (C=O) groups excluding carboxylic acids is 1. The van der Waals surface area contributed by atoms with Crippen LogP contribution in [0, 0.1) is 0 Å². The van der Waals surface area contributed by atoms with Gasteiger partial charge in [-0.1, -0.05) is 18.2 Å². The maximum absolute atomic E-state index is 11.9. The number of nitrogens with two attached hydrogens (primary N) is 1. The standard InChI is InChI=1S/C12H11NO2/c13-12(5-6-12)11(14)10-7-8-3-1-2-4-9(8)15-10/h1-4,7H,5-6,13H2. The van der Waals surface area contributed by atoms with Crippen LogP contribution in [0.4, 0.5) is 0 Å². The number of benzene rings is 1. The highest BCUT2D eigenvalue weighted by Crippen LogP contribution is 2.36. The highest BCUT2D eigenvalue weighted by atomic mass is 16.3. The first-order chi connectivity index (χ1) is 7.19. The molecule has 3 heteroatoms. The third-order valence-electron chi connectivity index (χ3n) is 2.89. The molecule has 1 fully saturated rings. The van der Waals surface area contributed by atoms with Gasteiger partial charge in [0.25, 0.3) is 0 Å². The zero-order valence-corrected chi connectivity index (χ0v) is 8.19. The Hall–Kier alpha value is -1.61. The van der Waals surface area contributed by atoms with E-state index in [-0.39, 0.29) is 5.78 Å². The van der Waals surface area contributed by atoms with E-state index < -0.39 is 5.54 Å². The molecule has 1 aromatic heterocycles. The SMILES string of the molecule is NC1(C(=O)c2cc3ccccc3o2)CC1. The zero-order valence-electron chi connectivity index (χ0n) is 8.19. The number of furan rings is 1. The fourth-order valence-electron chi connectivity index (χ4n) is 1.70. The van der Waals surface area contributed by atoms with Crippen LogP contribution in [0.2, 0.25) is 0 Å². The molecule has 2 N–H and O–H groups in total. The van der Waals surface area contributed by atoms with Gasteiger partial charge < -0.3 is 10.2 Å². The van der Waals surface area contributed by atoms with E-state index >= 15 is 0 Å². The minimum atomic E-state index is -0.645. The normalized spacial score (nSPS) is 17.9. The summed E-state index contributed by atoms with van der Waals surface area (Å²) in [5.41, 5.74) is 5.93. The number of ketones is 1. The van der Waals surface area contributed by atoms with Gasteiger partial charge >= 0.3 is 0 Å². The van der Waals surface area contributed by atoms with E-state index in [9.17, 15) is 4.79 Å². The quantitative estimate of drug-likeness (QED) is 0.757. The number of para-hydroxylation sites is 1. The predicted molar refractivity (Wildman–Crippen MR) is 56.7 cm³/mol. The molecular formula is C12H11NO2. The molecule has 2 aromatic rings. The molecule has 0 spiro atoms. The number of carbonyl (C=O) groups is 1. The smallest absolute Gasteiger partial charge is 0.217 e. The van der Waals surface area contributed by atoms with Crippen LogP contribution >= 0.6 is 0 Å². The van der Waals surface area contributed by atoms with Crippen molar-refractivity contribution in [3.05, 3.63) is 36.1 Å². The molecule has 1 aromatic carbocycles. The molecule has 76 valence electrons. The van der Waals surface area contributed by atoms with Gasteiger partial charge in [-0.3, -0.25) is 4.79 Å². The molecule has 1 aliphatic rings. The van der Waals surface area contributed by atoms with E-state index in [1.807, 2.05) is 24.3 Å². The van der Waals surface area contributed by atoms with Gasteiger partial charge in [-0.15, -0.1) is 0 Å². The Morgan fingerprint density at radius 1 is 1.33 bits per heavy atom. The Labute approximate surface area is 86.9 Å². The highest BCUT2D eigenvalue weighted by molar-refractivity contribution is 6.05. The van der Waals surface area contributed by atoms with Crippen LogP contribution in [-0.2, 0) is 0 Å². The van der Waals surface area contributed by atoms with Gasteiger partial charge in [0.2, 0.25) is 5.78 Å². The van der Waals surface area contributed by atoms with Crippen molar-refractivity contribution in [1.29, 1.82) is 0 Å². The third kappa shape index (κ3) is 1.27. The molecule has 1 saturated carbocycles. The number of fused-ring (bicyclic) bond motifs is 1. The molecule has 0 amide bonds. The van der Waals surface area contributed by atoms with Crippen LogP contribution in [0.5, 0.6) is 0 Å². The van der Waals surface area contributed by atoms with Crippen molar-refractivity contribution in [2.45, 2.75) is 18.4 Å². The Morgan fingerprint density at radius 3 is 2.73 bits per heavy atom. The van der Waals surface area contributed by atoms with Crippen molar-refractivity contribution in [3.8, 4) is 0 Å². The first-order valence-electron chi connectivity index (χ1n) is 5.01. The minimum absolute atomic E-state index is 0.0706. The number of hydrogen-bond donors (Lipinski definition) is 1. The first kappa shape index (κ1) is 8.68. The van der Waals surface area contributed by atoms with E-state index in [2.05, 4.69) is 0 Å². The number of rotatable bonds is 2. The fourth-order valence-corrected chi connectivity index (χ4v) is 1.70. The van der Waals surface area contributed by atoms with Crippen LogP contribution < -0.4 is 5.73 Å². The second-order valence-corrected chi connectivity index (χ2v) is 4.13. The largest absolute Gasteiger partial charge is 0.453 e. The molecule has 3 nitrogen and oxygen atoms in total. The van der Waals surface area contributed by atoms with Gasteiger partial charge in [-0.05, 0) is 25.0 Å². The molecule has 15 heavy (non-hydrogen) atoms. The van der Waals surface area contributed by atoms with Gasteiger partial charge in [0.15, 0.2) is 5.76 Å². The molecule has 1 heterocycles. The second-order valence-electron chi connectivity index (χ2n) is 4.13. The van der Waals surface area contributed by atoms with Crippen LogP contribution in [-0.4, -0.2) is 11.3 Å². The molecule has 1 aliphatic carbocycles. The summed E-state index contributed by atoms with van der Waals surface area (Å²) in [4.78, 5) is 11.9. The Bertz CT molecular complexity index is 504. The lowest BCUT2D eigenvalue weighted by atomic mass is 10.1. The summed E-state index contributed by atoms with van der Waals surface area (Å²) >= 11 is 0. The van der Waals surface area contributed by atoms with Gasteiger partial charge in [0.1, 0.15) is 5.58 Å². The molecule has 0 bridgehead atoms. The van der Waals surface area contributed by atoms with Gasteiger partial charge in [0, 0.05) is 5.39 Å². The number of Topliss-reactive ketones (excluding diaryl/α,β-unsaturated/α-hetero) is 1. The summed E-state index contributed by atoms with van der Waals surface area (Å²) in [5.74, 6) is 0.315. The molecule has 0 aliphatic heterocycles. The van der Waals surface area contributed by atoms with E-state index in [1.165, 1.54) is 0 Å². The van der Waals surface area contributed by atoms with Crippen LogP contribution in [0.3, 0.4) is 0 Å². The topological polar surface area (TPSA) is 56.2 Å².